The van der Waals surface area contributed by atoms with Crippen LogP contribution in [0.1, 0.15) is 24.1 Å². The van der Waals surface area contributed by atoms with Gasteiger partial charge in [-0.05, 0) is 49.4 Å². The number of aromatic nitrogens is 1. The molecule has 3 rings (SSSR count). The molecule has 0 atom stereocenters. The summed E-state index contributed by atoms with van der Waals surface area (Å²) in [4.78, 5) is 4.72. The Morgan fingerprint density at radius 2 is 2.00 bits per heavy atom. The highest BCUT2D eigenvalue weighted by atomic mass is 35.5. The number of rotatable bonds is 1. The minimum atomic E-state index is 0. The van der Waals surface area contributed by atoms with E-state index in [1.54, 1.807) is 7.11 Å². The average molecular weight is 265 g/mol. The first kappa shape index (κ1) is 13.0. The number of benzene rings is 1. The lowest BCUT2D eigenvalue weighted by atomic mass is 9.93. The summed E-state index contributed by atoms with van der Waals surface area (Å²) in [5.41, 5.74) is 10.6. The van der Waals surface area contributed by atoms with Crippen molar-refractivity contribution in [1.82, 2.24) is 4.98 Å². The summed E-state index contributed by atoms with van der Waals surface area (Å²) in [5, 5.41) is 1.02. The molecule has 0 saturated heterocycles. The number of anilines is 1. The minimum absolute atomic E-state index is 0. The van der Waals surface area contributed by atoms with Crippen molar-refractivity contribution in [1.29, 1.82) is 0 Å². The van der Waals surface area contributed by atoms with Crippen LogP contribution in [0.4, 0.5) is 5.69 Å². The van der Waals surface area contributed by atoms with Gasteiger partial charge in [0.15, 0.2) is 0 Å². The molecule has 1 aliphatic carbocycles. The molecule has 0 unspecified atom stereocenters. The molecule has 0 bridgehead atoms. The van der Waals surface area contributed by atoms with Gasteiger partial charge in [-0.1, -0.05) is 0 Å². The standard InChI is InChI=1S/C14H16N2O.ClH/c1-17-9-6-7-13-11(8-9)14(15)10-4-2-3-5-12(10)16-13;/h6-8H,2-5H2,1H3,(H2,15,16);1H. The van der Waals surface area contributed by atoms with Gasteiger partial charge in [0, 0.05) is 16.8 Å². The third-order valence-corrected chi connectivity index (χ3v) is 3.51. The van der Waals surface area contributed by atoms with E-state index in [4.69, 9.17) is 15.5 Å². The molecule has 1 aromatic heterocycles. The van der Waals surface area contributed by atoms with Crippen molar-refractivity contribution >= 4 is 29.0 Å². The largest absolute Gasteiger partial charge is 0.497 e. The van der Waals surface area contributed by atoms with Crippen LogP contribution in [0.15, 0.2) is 18.2 Å². The van der Waals surface area contributed by atoms with Crippen LogP contribution in [-0.4, -0.2) is 12.1 Å². The second-order valence-electron chi connectivity index (χ2n) is 4.54. The summed E-state index contributed by atoms with van der Waals surface area (Å²) in [6, 6.07) is 5.90. The van der Waals surface area contributed by atoms with Gasteiger partial charge < -0.3 is 10.5 Å². The van der Waals surface area contributed by atoms with Crippen LogP contribution in [0.2, 0.25) is 0 Å². The fourth-order valence-electron chi connectivity index (χ4n) is 2.57. The van der Waals surface area contributed by atoms with Crippen molar-refractivity contribution in [3.05, 3.63) is 29.5 Å². The number of halogens is 1. The van der Waals surface area contributed by atoms with E-state index < -0.39 is 0 Å². The SMILES string of the molecule is COc1ccc2nc3c(c(N)c2c1)CCCC3.Cl. The lowest BCUT2D eigenvalue weighted by Gasteiger charge is -2.18. The van der Waals surface area contributed by atoms with Crippen molar-refractivity contribution in [2.75, 3.05) is 12.8 Å². The van der Waals surface area contributed by atoms with E-state index in [1.807, 2.05) is 18.2 Å². The molecule has 0 spiro atoms. The lowest BCUT2D eigenvalue weighted by molar-refractivity contribution is 0.415. The van der Waals surface area contributed by atoms with Gasteiger partial charge in [0.2, 0.25) is 0 Å². The van der Waals surface area contributed by atoms with Crippen LogP contribution in [-0.2, 0) is 12.8 Å². The van der Waals surface area contributed by atoms with Gasteiger partial charge in [0.25, 0.3) is 0 Å². The van der Waals surface area contributed by atoms with Crippen LogP contribution in [0.25, 0.3) is 10.9 Å². The highest BCUT2D eigenvalue weighted by Crippen LogP contribution is 2.32. The monoisotopic (exact) mass is 264 g/mol. The van der Waals surface area contributed by atoms with Crippen LogP contribution in [0.5, 0.6) is 5.75 Å². The Balaban J connectivity index is 0.00000120. The summed E-state index contributed by atoms with van der Waals surface area (Å²) in [6.45, 7) is 0. The maximum Gasteiger partial charge on any atom is 0.119 e. The summed E-state index contributed by atoms with van der Waals surface area (Å²) in [6.07, 6.45) is 4.55. The number of methoxy groups -OCH3 is 1. The van der Waals surface area contributed by atoms with Crippen molar-refractivity contribution < 1.29 is 4.74 Å². The zero-order valence-corrected chi connectivity index (χ0v) is 11.2. The number of pyridine rings is 1. The van der Waals surface area contributed by atoms with Crippen LogP contribution in [0, 0.1) is 0 Å². The van der Waals surface area contributed by atoms with E-state index >= 15 is 0 Å². The summed E-state index contributed by atoms with van der Waals surface area (Å²) in [7, 11) is 1.67. The molecule has 1 aromatic carbocycles. The van der Waals surface area contributed by atoms with Crippen LogP contribution >= 0.6 is 12.4 Å². The fourth-order valence-corrected chi connectivity index (χ4v) is 2.57. The molecule has 0 fully saturated rings. The van der Waals surface area contributed by atoms with E-state index in [2.05, 4.69) is 0 Å². The van der Waals surface area contributed by atoms with Crippen LogP contribution < -0.4 is 10.5 Å². The molecular formula is C14H17ClN2O. The van der Waals surface area contributed by atoms with Crippen molar-refractivity contribution in [3.63, 3.8) is 0 Å². The topological polar surface area (TPSA) is 48.1 Å². The number of hydrogen-bond acceptors (Lipinski definition) is 3. The van der Waals surface area contributed by atoms with Gasteiger partial charge >= 0.3 is 0 Å². The van der Waals surface area contributed by atoms with Gasteiger partial charge in [-0.15, -0.1) is 12.4 Å². The van der Waals surface area contributed by atoms with Crippen molar-refractivity contribution in [3.8, 4) is 5.75 Å². The molecule has 0 radical (unpaired) electrons. The first-order valence-electron chi connectivity index (χ1n) is 6.04. The molecule has 1 heterocycles. The minimum Gasteiger partial charge on any atom is -0.497 e. The van der Waals surface area contributed by atoms with Crippen molar-refractivity contribution in [2.45, 2.75) is 25.7 Å². The van der Waals surface area contributed by atoms with E-state index in [0.717, 1.165) is 35.2 Å². The number of nitrogens with zero attached hydrogens (tertiary/aromatic N) is 1. The number of hydrogen-bond donors (Lipinski definition) is 1. The molecule has 1 aliphatic rings. The number of nitrogens with two attached hydrogens (primary N) is 1. The quantitative estimate of drug-likeness (QED) is 0.861. The van der Waals surface area contributed by atoms with Gasteiger partial charge in [0.05, 0.1) is 12.6 Å². The van der Waals surface area contributed by atoms with Crippen molar-refractivity contribution in [2.24, 2.45) is 0 Å². The lowest BCUT2D eigenvalue weighted by Crippen LogP contribution is -2.09. The van der Waals surface area contributed by atoms with E-state index in [0.29, 0.717) is 0 Å². The average Bonchev–Trinajstić information content (AvgIpc) is 2.39. The Morgan fingerprint density at radius 1 is 1.22 bits per heavy atom. The Labute approximate surface area is 113 Å². The Hall–Kier alpha value is -1.48. The first-order valence-corrected chi connectivity index (χ1v) is 6.04. The summed E-state index contributed by atoms with van der Waals surface area (Å²) in [5.74, 6) is 0.835. The second-order valence-corrected chi connectivity index (χ2v) is 4.54. The molecule has 96 valence electrons. The number of fused-ring (bicyclic) bond motifs is 2. The fraction of sp³-hybridized carbons (Fsp3) is 0.357. The van der Waals surface area contributed by atoms with E-state index in [1.165, 1.54) is 24.1 Å². The molecule has 4 heteroatoms. The molecular weight excluding hydrogens is 248 g/mol. The van der Waals surface area contributed by atoms with Gasteiger partial charge in [-0.2, -0.15) is 0 Å². The van der Waals surface area contributed by atoms with Gasteiger partial charge in [0.1, 0.15) is 5.75 Å². The summed E-state index contributed by atoms with van der Waals surface area (Å²) >= 11 is 0. The Bertz CT molecular complexity index is 584. The molecule has 2 N–H and O–H groups in total. The predicted octanol–water partition coefficient (Wildman–Crippen LogP) is 3.13. The molecule has 3 nitrogen and oxygen atoms in total. The predicted molar refractivity (Wildman–Crippen MR) is 76.6 cm³/mol. The van der Waals surface area contributed by atoms with Crippen LogP contribution in [0.3, 0.4) is 0 Å². The third-order valence-electron chi connectivity index (χ3n) is 3.51. The molecule has 0 aliphatic heterocycles. The zero-order chi connectivity index (χ0) is 11.8. The summed E-state index contributed by atoms with van der Waals surface area (Å²) < 4.78 is 5.24. The smallest absolute Gasteiger partial charge is 0.119 e. The van der Waals surface area contributed by atoms with Gasteiger partial charge in [-0.25, -0.2) is 0 Å². The maximum absolute atomic E-state index is 6.27. The molecule has 18 heavy (non-hydrogen) atoms. The normalized spacial score (nSPS) is 13.8. The number of nitrogen functional groups attached to an aromatic ring is 1. The highest BCUT2D eigenvalue weighted by Gasteiger charge is 2.16. The second kappa shape index (κ2) is 5.02. The maximum atomic E-state index is 6.27. The highest BCUT2D eigenvalue weighted by molar-refractivity contribution is 5.93. The number of aryl methyl sites for hydroxylation is 1. The molecule has 0 amide bonds. The Kier molecular flexibility index (Phi) is 3.62. The third kappa shape index (κ3) is 1.99. The van der Waals surface area contributed by atoms with Gasteiger partial charge in [-0.3, -0.25) is 4.98 Å². The first-order chi connectivity index (χ1) is 8.29. The molecule has 2 aromatic rings. The number of ether oxygens (including phenoxy) is 1. The zero-order valence-electron chi connectivity index (χ0n) is 10.4. The van der Waals surface area contributed by atoms with E-state index in [9.17, 15) is 0 Å². The Morgan fingerprint density at radius 3 is 2.78 bits per heavy atom. The molecule has 0 saturated carbocycles. The van der Waals surface area contributed by atoms with E-state index in [-0.39, 0.29) is 12.4 Å².